The van der Waals surface area contributed by atoms with E-state index in [1.165, 1.54) is 25.7 Å². The molecule has 2 aliphatic heterocycles. The molecular formula is C20H27Cl2N5O. The zero-order valence-corrected chi connectivity index (χ0v) is 17.4. The van der Waals surface area contributed by atoms with E-state index in [1.807, 2.05) is 23.1 Å². The van der Waals surface area contributed by atoms with Gasteiger partial charge in [-0.2, -0.15) is 0 Å². The third-order valence-corrected chi connectivity index (χ3v) is 6.26. The predicted molar refractivity (Wildman–Crippen MR) is 113 cm³/mol. The van der Waals surface area contributed by atoms with Crippen LogP contribution in [0.2, 0.25) is 0 Å². The van der Waals surface area contributed by atoms with Crippen molar-refractivity contribution in [3.63, 3.8) is 0 Å². The van der Waals surface area contributed by atoms with Gasteiger partial charge in [0.15, 0.2) is 11.6 Å². The summed E-state index contributed by atoms with van der Waals surface area (Å²) in [6.07, 6.45) is 6.12. The average molecular weight is 424 g/mol. The van der Waals surface area contributed by atoms with Crippen molar-refractivity contribution < 1.29 is 4.79 Å². The van der Waals surface area contributed by atoms with Gasteiger partial charge in [-0.3, -0.25) is 4.79 Å². The monoisotopic (exact) mass is 423 g/mol. The molecule has 3 unspecified atom stereocenters. The van der Waals surface area contributed by atoms with Crippen LogP contribution in [0.4, 0.5) is 0 Å². The fourth-order valence-corrected chi connectivity index (χ4v) is 4.88. The summed E-state index contributed by atoms with van der Waals surface area (Å²) in [5, 5.41) is 12.4. The molecule has 3 aliphatic rings. The highest BCUT2D eigenvalue weighted by molar-refractivity contribution is 5.85. The molecule has 1 saturated carbocycles. The fourth-order valence-electron chi connectivity index (χ4n) is 4.88. The molecular weight excluding hydrogens is 397 g/mol. The molecule has 1 aromatic heterocycles. The number of carbonyl (C=O) groups excluding carboxylic acids is 1. The Hall–Kier alpha value is -1.63. The van der Waals surface area contributed by atoms with Crippen LogP contribution < -0.4 is 5.32 Å². The van der Waals surface area contributed by atoms with Crippen molar-refractivity contribution in [2.24, 2.45) is 5.92 Å². The first kappa shape index (κ1) is 21.1. The zero-order valence-electron chi connectivity index (χ0n) is 15.8. The lowest BCUT2D eigenvalue weighted by molar-refractivity contribution is -0.134. The number of halogens is 2. The first-order chi connectivity index (χ1) is 12.8. The van der Waals surface area contributed by atoms with E-state index in [2.05, 4.69) is 32.2 Å². The van der Waals surface area contributed by atoms with Crippen molar-refractivity contribution in [2.75, 3.05) is 6.54 Å². The van der Waals surface area contributed by atoms with Crippen LogP contribution in [-0.4, -0.2) is 44.2 Å². The van der Waals surface area contributed by atoms with Crippen molar-refractivity contribution in [3.8, 4) is 11.4 Å². The summed E-state index contributed by atoms with van der Waals surface area (Å²) < 4.78 is 2.15. The lowest BCUT2D eigenvalue weighted by atomic mass is 9.85. The average Bonchev–Trinajstić information content (AvgIpc) is 3.31. The highest BCUT2D eigenvalue weighted by atomic mass is 35.5. The molecule has 3 atom stereocenters. The van der Waals surface area contributed by atoms with Gasteiger partial charge in [-0.15, -0.1) is 35.0 Å². The Morgan fingerprint density at radius 2 is 1.82 bits per heavy atom. The number of hydrogen-bond donors (Lipinski definition) is 1. The number of nitrogens with zero attached hydrogens (tertiary/aromatic N) is 4. The van der Waals surface area contributed by atoms with E-state index < -0.39 is 0 Å². The van der Waals surface area contributed by atoms with Crippen LogP contribution in [0.15, 0.2) is 30.3 Å². The lowest BCUT2D eigenvalue weighted by Gasteiger charge is -2.30. The second-order valence-corrected chi connectivity index (χ2v) is 7.82. The van der Waals surface area contributed by atoms with Crippen LogP contribution in [0.1, 0.15) is 37.9 Å². The number of nitrogens with one attached hydrogen (secondary N) is 1. The molecule has 0 bridgehead atoms. The Kier molecular flexibility index (Phi) is 6.63. The maximum absolute atomic E-state index is 13.0. The first-order valence-electron chi connectivity index (χ1n) is 9.82. The Morgan fingerprint density at radius 3 is 2.61 bits per heavy atom. The van der Waals surface area contributed by atoms with E-state index in [1.54, 1.807) is 0 Å². The Balaban J connectivity index is 0.00000112. The van der Waals surface area contributed by atoms with Crippen LogP contribution in [0.25, 0.3) is 11.4 Å². The molecule has 8 heteroatoms. The van der Waals surface area contributed by atoms with Crippen molar-refractivity contribution >= 4 is 30.7 Å². The molecule has 5 rings (SSSR count). The molecule has 152 valence electrons. The second kappa shape index (κ2) is 8.80. The fraction of sp³-hybridized carbons (Fsp3) is 0.550. The Bertz CT molecular complexity index is 798. The summed E-state index contributed by atoms with van der Waals surface area (Å²) in [4.78, 5) is 15.0. The molecule has 2 fully saturated rings. The minimum atomic E-state index is -0.00818. The van der Waals surface area contributed by atoms with Crippen LogP contribution in [-0.2, 0) is 17.9 Å². The second-order valence-electron chi connectivity index (χ2n) is 7.82. The van der Waals surface area contributed by atoms with E-state index in [-0.39, 0.29) is 36.8 Å². The number of aromatic nitrogens is 3. The Morgan fingerprint density at radius 1 is 1.04 bits per heavy atom. The lowest BCUT2D eigenvalue weighted by Crippen LogP contribution is -2.48. The highest BCUT2D eigenvalue weighted by Gasteiger charge is 2.40. The van der Waals surface area contributed by atoms with Crippen LogP contribution >= 0.6 is 24.8 Å². The van der Waals surface area contributed by atoms with Gasteiger partial charge in [-0.25, -0.2) is 0 Å². The van der Waals surface area contributed by atoms with Crippen LogP contribution in [0.5, 0.6) is 0 Å². The van der Waals surface area contributed by atoms with E-state index >= 15 is 0 Å². The van der Waals surface area contributed by atoms with Gasteiger partial charge in [-0.1, -0.05) is 43.2 Å². The predicted octanol–water partition coefficient (Wildman–Crippen LogP) is 3.05. The van der Waals surface area contributed by atoms with Gasteiger partial charge >= 0.3 is 0 Å². The standard InChI is InChI=1S/C20H25N5O.2ClH/c26-20(17-12-15-8-4-5-9-16(15)21-17)24-10-11-25-18(13-24)22-23-19(25)14-6-2-1-3-7-14;;/h1-3,6-7,15-17,21H,4-5,8-13H2;2*1H. The first-order valence-corrected chi connectivity index (χ1v) is 9.82. The maximum Gasteiger partial charge on any atom is 0.240 e. The van der Waals surface area contributed by atoms with Gasteiger partial charge in [0.25, 0.3) is 0 Å². The van der Waals surface area contributed by atoms with E-state index in [9.17, 15) is 4.79 Å². The summed E-state index contributed by atoms with van der Waals surface area (Å²) in [6, 6.07) is 10.7. The molecule has 0 spiro atoms. The van der Waals surface area contributed by atoms with Crippen molar-refractivity contribution in [1.29, 1.82) is 0 Å². The molecule has 2 aromatic rings. The summed E-state index contributed by atoms with van der Waals surface area (Å²) in [5.41, 5.74) is 1.08. The van der Waals surface area contributed by atoms with Crippen molar-refractivity contribution in [3.05, 3.63) is 36.2 Å². The molecule has 1 N–H and O–H groups in total. The molecule has 0 radical (unpaired) electrons. The molecule has 1 aliphatic carbocycles. The van der Waals surface area contributed by atoms with Crippen molar-refractivity contribution in [1.82, 2.24) is 25.0 Å². The number of rotatable bonds is 2. The van der Waals surface area contributed by atoms with Gasteiger partial charge in [0, 0.05) is 24.7 Å². The number of amides is 1. The van der Waals surface area contributed by atoms with E-state index in [0.717, 1.165) is 36.7 Å². The Labute approximate surface area is 177 Å². The van der Waals surface area contributed by atoms with Gasteiger partial charge in [0.1, 0.15) is 0 Å². The van der Waals surface area contributed by atoms with Gasteiger partial charge in [0.05, 0.1) is 12.6 Å². The number of fused-ring (bicyclic) bond motifs is 2. The molecule has 6 nitrogen and oxygen atoms in total. The number of carbonyl (C=O) groups is 1. The SMILES string of the molecule is Cl.Cl.O=C(C1CC2CCCCC2N1)N1CCn2c(nnc2-c2ccccc2)C1. The number of hydrogen-bond acceptors (Lipinski definition) is 4. The summed E-state index contributed by atoms with van der Waals surface area (Å²) >= 11 is 0. The minimum Gasteiger partial charge on any atom is -0.332 e. The molecule has 3 heterocycles. The minimum absolute atomic E-state index is 0. The largest absolute Gasteiger partial charge is 0.332 e. The van der Waals surface area contributed by atoms with Crippen LogP contribution in [0, 0.1) is 5.92 Å². The molecule has 1 aromatic carbocycles. The summed E-state index contributed by atoms with van der Waals surface area (Å²) in [6.45, 7) is 2.06. The van der Waals surface area contributed by atoms with E-state index in [4.69, 9.17) is 0 Å². The number of benzene rings is 1. The summed E-state index contributed by atoms with van der Waals surface area (Å²) in [5.74, 6) is 2.72. The van der Waals surface area contributed by atoms with Gasteiger partial charge in [-0.05, 0) is 25.2 Å². The smallest absolute Gasteiger partial charge is 0.240 e. The third kappa shape index (κ3) is 3.78. The van der Waals surface area contributed by atoms with E-state index in [0.29, 0.717) is 18.5 Å². The normalized spacial score (nSPS) is 25.9. The topological polar surface area (TPSA) is 63.1 Å². The molecule has 28 heavy (non-hydrogen) atoms. The molecule has 1 amide bonds. The summed E-state index contributed by atoms with van der Waals surface area (Å²) in [7, 11) is 0. The zero-order chi connectivity index (χ0) is 17.5. The maximum atomic E-state index is 13.0. The third-order valence-electron chi connectivity index (χ3n) is 6.26. The molecule has 1 saturated heterocycles. The van der Waals surface area contributed by atoms with Crippen LogP contribution in [0.3, 0.4) is 0 Å². The van der Waals surface area contributed by atoms with Gasteiger partial charge < -0.3 is 14.8 Å². The van der Waals surface area contributed by atoms with Gasteiger partial charge in [0.2, 0.25) is 5.91 Å². The van der Waals surface area contributed by atoms with Crippen molar-refractivity contribution in [2.45, 2.75) is 57.3 Å². The highest BCUT2D eigenvalue weighted by Crippen LogP contribution is 2.34. The quantitative estimate of drug-likeness (QED) is 0.805.